The van der Waals surface area contributed by atoms with Crippen molar-refractivity contribution in [2.75, 3.05) is 30.9 Å². The van der Waals surface area contributed by atoms with Gasteiger partial charge in [-0.05, 0) is 43.4 Å². The average Bonchev–Trinajstić information content (AvgIpc) is 2.47. The number of hydrogen-bond donors (Lipinski definition) is 2. The summed E-state index contributed by atoms with van der Waals surface area (Å²) in [5.74, 6) is 0.564. The summed E-state index contributed by atoms with van der Waals surface area (Å²) in [7, 11) is 1.51. The van der Waals surface area contributed by atoms with Gasteiger partial charge in [0.05, 0.1) is 0 Å². The van der Waals surface area contributed by atoms with E-state index in [1.54, 1.807) is 0 Å². The smallest absolute Gasteiger partial charge is 0.250 e. The molecule has 0 fully saturated rings. The van der Waals surface area contributed by atoms with Gasteiger partial charge in [-0.25, -0.2) is 0 Å². The van der Waals surface area contributed by atoms with E-state index in [1.807, 2.05) is 24.3 Å². The van der Waals surface area contributed by atoms with Gasteiger partial charge in [0.25, 0.3) is 0 Å². The van der Waals surface area contributed by atoms with Crippen molar-refractivity contribution in [1.29, 1.82) is 0 Å². The van der Waals surface area contributed by atoms with Crippen LogP contribution in [-0.4, -0.2) is 26.2 Å². The number of nitrogens with one attached hydrogen (secondary N) is 2. The van der Waals surface area contributed by atoms with Crippen molar-refractivity contribution in [2.24, 2.45) is 5.92 Å². The predicted molar refractivity (Wildman–Crippen MR) is 81.9 cm³/mol. The zero-order valence-electron chi connectivity index (χ0n) is 11.9. The summed E-state index contributed by atoms with van der Waals surface area (Å²) in [6.07, 6.45) is 8.09. The second-order valence-corrected chi connectivity index (χ2v) is 5.09. The van der Waals surface area contributed by atoms with Gasteiger partial charge < -0.3 is 15.4 Å². The molecule has 0 aromatic heterocycles. The standard InChI is InChI=1S/C16H22N2O2/c1-20-12-16(19)18-15-9-5-8-14(10-15)17-11-13-6-3-2-4-7-13/h2-3,5,8-10,13,17H,4,6-7,11-12H2,1H3,(H,18,19). The summed E-state index contributed by atoms with van der Waals surface area (Å²) in [6.45, 7) is 1.05. The normalized spacial score (nSPS) is 17.8. The summed E-state index contributed by atoms with van der Waals surface area (Å²) in [6, 6.07) is 7.78. The van der Waals surface area contributed by atoms with Crippen LogP contribution in [0.4, 0.5) is 11.4 Å². The van der Waals surface area contributed by atoms with Crippen molar-refractivity contribution < 1.29 is 9.53 Å². The Morgan fingerprint density at radius 2 is 2.20 bits per heavy atom. The largest absolute Gasteiger partial charge is 0.385 e. The molecule has 1 aliphatic rings. The van der Waals surface area contributed by atoms with Crippen LogP contribution in [0.1, 0.15) is 19.3 Å². The molecule has 1 aromatic rings. The molecule has 1 aliphatic carbocycles. The molecule has 0 saturated heterocycles. The van der Waals surface area contributed by atoms with E-state index < -0.39 is 0 Å². The van der Waals surface area contributed by atoms with Gasteiger partial charge in [-0.3, -0.25) is 4.79 Å². The van der Waals surface area contributed by atoms with Gasteiger partial charge in [0.2, 0.25) is 5.91 Å². The van der Waals surface area contributed by atoms with Crippen LogP contribution in [0, 0.1) is 5.92 Å². The molecule has 2 rings (SSSR count). The molecule has 20 heavy (non-hydrogen) atoms. The van der Waals surface area contributed by atoms with Crippen molar-refractivity contribution in [3.63, 3.8) is 0 Å². The molecule has 1 aromatic carbocycles. The summed E-state index contributed by atoms with van der Waals surface area (Å²) in [5, 5.41) is 6.25. The molecule has 0 saturated carbocycles. The number of carbonyl (C=O) groups is 1. The molecule has 0 bridgehead atoms. The molecular formula is C16H22N2O2. The first-order chi connectivity index (χ1) is 9.78. The molecule has 0 heterocycles. The van der Waals surface area contributed by atoms with Crippen LogP contribution >= 0.6 is 0 Å². The summed E-state index contributed by atoms with van der Waals surface area (Å²) in [4.78, 5) is 11.5. The van der Waals surface area contributed by atoms with E-state index in [9.17, 15) is 4.79 Å². The number of anilines is 2. The zero-order valence-corrected chi connectivity index (χ0v) is 11.9. The lowest BCUT2D eigenvalue weighted by Gasteiger charge is -2.19. The Hall–Kier alpha value is -1.81. The van der Waals surface area contributed by atoms with Gasteiger partial charge in [-0.15, -0.1) is 0 Å². The first-order valence-corrected chi connectivity index (χ1v) is 7.05. The maximum absolute atomic E-state index is 11.5. The number of allylic oxidation sites excluding steroid dienone is 2. The molecule has 4 heteroatoms. The maximum atomic E-state index is 11.5. The quantitative estimate of drug-likeness (QED) is 0.784. The highest BCUT2D eigenvalue weighted by molar-refractivity contribution is 5.92. The van der Waals surface area contributed by atoms with Gasteiger partial charge in [-0.2, -0.15) is 0 Å². The van der Waals surface area contributed by atoms with Crippen molar-refractivity contribution >= 4 is 17.3 Å². The number of methoxy groups -OCH3 is 1. The molecule has 2 N–H and O–H groups in total. The van der Waals surface area contributed by atoms with E-state index in [-0.39, 0.29) is 12.5 Å². The molecule has 1 atom stereocenters. The maximum Gasteiger partial charge on any atom is 0.250 e. The van der Waals surface area contributed by atoms with Crippen LogP contribution in [0.15, 0.2) is 36.4 Å². The molecular weight excluding hydrogens is 252 g/mol. The molecule has 0 aliphatic heterocycles. The minimum atomic E-state index is -0.137. The van der Waals surface area contributed by atoms with Gasteiger partial charge >= 0.3 is 0 Å². The van der Waals surface area contributed by atoms with Crippen molar-refractivity contribution in [3.05, 3.63) is 36.4 Å². The van der Waals surface area contributed by atoms with E-state index in [4.69, 9.17) is 4.74 Å². The Kier molecular flexibility index (Phi) is 5.62. The summed E-state index contributed by atoms with van der Waals surface area (Å²) in [5.41, 5.74) is 1.83. The fraction of sp³-hybridized carbons (Fsp3) is 0.438. The fourth-order valence-electron chi connectivity index (χ4n) is 2.34. The zero-order chi connectivity index (χ0) is 14.2. The van der Waals surface area contributed by atoms with Crippen LogP contribution < -0.4 is 10.6 Å². The van der Waals surface area contributed by atoms with Gasteiger partial charge in [-0.1, -0.05) is 18.2 Å². The highest BCUT2D eigenvalue weighted by atomic mass is 16.5. The highest BCUT2D eigenvalue weighted by Crippen LogP contribution is 2.20. The van der Waals surface area contributed by atoms with Crippen LogP contribution in [0.2, 0.25) is 0 Å². The van der Waals surface area contributed by atoms with Gasteiger partial charge in [0.15, 0.2) is 0 Å². The topological polar surface area (TPSA) is 50.4 Å². The van der Waals surface area contributed by atoms with Crippen molar-refractivity contribution in [1.82, 2.24) is 0 Å². The predicted octanol–water partition coefficient (Wildman–Crippen LogP) is 3.04. The van der Waals surface area contributed by atoms with E-state index in [0.717, 1.165) is 24.3 Å². The molecule has 108 valence electrons. The number of benzene rings is 1. The second-order valence-electron chi connectivity index (χ2n) is 5.09. The number of hydrogen-bond acceptors (Lipinski definition) is 3. The number of amides is 1. The van der Waals surface area contributed by atoms with Gasteiger partial charge in [0, 0.05) is 25.0 Å². The lowest BCUT2D eigenvalue weighted by molar-refractivity contribution is -0.119. The number of ether oxygens (including phenoxy) is 1. The van der Waals surface area contributed by atoms with E-state index in [0.29, 0.717) is 5.92 Å². The molecule has 0 radical (unpaired) electrons. The van der Waals surface area contributed by atoms with Crippen molar-refractivity contribution in [3.8, 4) is 0 Å². The third-order valence-electron chi connectivity index (χ3n) is 3.39. The third-order valence-corrected chi connectivity index (χ3v) is 3.39. The number of carbonyl (C=O) groups excluding carboxylic acids is 1. The lowest BCUT2D eigenvalue weighted by Crippen LogP contribution is -2.18. The molecule has 0 spiro atoms. The van der Waals surface area contributed by atoms with Gasteiger partial charge in [0.1, 0.15) is 6.61 Å². The van der Waals surface area contributed by atoms with Crippen LogP contribution in [0.25, 0.3) is 0 Å². The molecule has 1 unspecified atom stereocenters. The van der Waals surface area contributed by atoms with E-state index >= 15 is 0 Å². The van der Waals surface area contributed by atoms with Crippen LogP contribution in [0.3, 0.4) is 0 Å². The Balaban J connectivity index is 1.85. The average molecular weight is 274 g/mol. The lowest BCUT2D eigenvalue weighted by atomic mass is 9.94. The Bertz CT molecular complexity index is 471. The van der Waals surface area contributed by atoms with Crippen LogP contribution in [-0.2, 0) is 9.53 Å². The molecule has 4 nitrogen and oxygen atoms in total. The highest BCUT2D eigenvalue weighted by Gasteiger charge is 2.09. The van der Waals surface area contributed by atoms with Crippen molar-refractivity contribution in [2.45, 2.75) is 19.3 Å². The summed E-state index contributed by atoms with van der Waals surface area (Å²) < 4.78 is 4.80. The second kappa shape index (κ2) is 7.70. The first kappa shape index (κ1) is 14.6. The Morgan fingerprint density at radius 1 is 1.35 bits per heavy atom. The SMILES string of the molecule is COCC(=O)Nc1cccc(NCC2CC=CCC2)c1. The molecule has 1 amide bonds. The van der Waals surface area contributed by atoms with Crippen LogP contribution in [0.5, 0.6) is 0 Å². The first-order valence-electron chi connectivity index (χ1n) is 7.05. The third kappa shape index (κ3) is 4.70. The Morgan fingerprint density at radius 3 is 2.95 bits per heavy atom. The summed E-state index contributed by atoms with van der Waals surface area (Å²) >= 11 is 0. The van der Waals surface area contributed by atoms with E-state index in [1.165, 1.54) is 20.0 Å². The minimum Gasteiger partial charge on any atom is -0.385 e. The minimum absolute atomic E-state index is 0.0755. The number of rotatable bonds is 6. The van der Waals surface area contributed by atoms with E-state index in [2.05, 4.69) is 22.8 Å². The fourth-order valence-corrected chi connectivity index (χ4v) is 2.34. The monoisotopic (exact) mass is 274 g/mol. The Labute approximate surface area is 120 Å².